The molecule has 3 aliphatic heterocycles. The van der Waals surface area contributed by atoms with Crippen molar-refractivity contribution in [1.82, 2.24) is 15.1 Å². The number of carbonyl (C=O) groups excluding carboxylic acids is 4. The van der Waals surface area contributed by atoms with Crippen LogP contribution in [-0.4, -0.2) is 88.2 Å². The van der Waals surface area contributed by atoms with Crippen molar-refractivity contribution in [2.75, 3.05) is 19.8 Å². The van der Waals surface area contributed by atoms with Gasteiger partial charge in [-0.25, -0.2) is 0 Å². The molecule has 1 spiro atoms. The number of benzene rings is 2. The molecule has 0 radical (unpaired) electrons. The van der Waals surface area contributed by atoms with E-state index in [2.05, 4.69) is 25.4 Å². The average molecular weight is 686 g/mol. The fourth-order valence-corrected chi connectivity index (χ4v) is 8.20. The minimum absolute atomic E-state index is 0.0868. The molecule has 3 fully saturated rings. The fraction of sp³-hybridized carbons (Fsp3) is 0.500. The number of hydrogen-bond donors (Lipinski definition) is 2. The highest BCUT2D eigenvalue weighted by atomic mass is 16.5. The van der Waals surface area contributed by atoms with Gasteiger partial charge < -0.3 is 29.7 Å². The summed E-state index contributed by atoms with van der Waals surface area (Å²) in [6.45, 7) is 11.4. The number of allylic oxidation sites excluding steroid dienone is 1. The van der Waals surface area contributed by atoms with Crippen LogP contribution in [0, 0.1) is 11.8 Å². The molecule has 2 N–H and O–H groups in total. The third kappa shape index (κ3) is 7.42. The number of aliphatic hydroxyl groups excluding tert-OH is 1. The van der Waals surface area contributed by atoms with Crippen LogP contribution in [0.4, 0.5) is 0 Å². The number of esters is 1. The lowest BCUT2D eigenvalue weighted by Gasteiger charge is -2.41. The third-order valence-corrected chi connectivity index (χ3v) is 10.5. The highest BCUT2D eigenvalue weighted by Crippen LogP contribution is 2.59. The summed E-state index contributed by atoms with van der Waals surface area (Å²) in [6, 6.07) is 16.2. The van der Waals surface area contributed by atoms with E-state index in [0.717, 1.165) is 24.0 Å². The molecule has 1 unspecified atom stereocenters. The number of nitrogens with zero attached hydrogens (tertiary/aromatic N) is 2. The van der Waals surface area contributed by atoms with Gasteiger partial charge in [-0.1, -0.05) is 86.2 Å². The number of aliphatic hydroxyl groups is 1. The Kier molecular flexibility index (Phi) is 12.3. The van der Waals surface area contributed by atoms with Gasteiger partial charge in [-0.2, -0.15) is 0 Å². The summed E-state index contributed by atoms with van der Waals surface area (Å²) in [5.41, 5.74) is 0.419. The predicted octanol–water partition coefficient (Wildman–Crippen LogP) is 4.53. The predicted molar refractivity (Wildman–Crippen MR) is 189 cm³/mol. The van der Waals surface area contributed by atoms with Crippen molar-refractivity contribution in [3.05, 3.63) is 97.1 Å². The first-order valence-corrected chi connectivity index (χ1v) is 17.9. The number of nitrogens with one attached hydrogen (secondary N) is 1. The SMILES string of the molecule is C=CCCC(=O)OC[C@@H](NC(=O)[C@@H]1[C@@H]2CC[C@]3(O2)[C@H](C(=O)N(CC=C)C(C)CCC)N([C@@H](CO)Cc2ccccc2)C(=O)[C@@H]13)c1ccccc1. The first-order valence-electron chi connectivity index (χ1n) is 17.9. The second kappa shape index (κ2) is 16.6. The zero-order chi connectivity index (χ0) is 35.8. The van der Waals surface area contributed by atoms with Gasteiger partial charge in [0.25, 0.3) is 0 Å². The van der Waals surface area contributed by atoms with Crippen LogP contribution < -0.4 is 5.32 Å². The van der Waals surface area contributed by atoms with Gasteiger partial charge in [0, 0.05) is 19.0 Å². The molecule has 5 rings (SSSR count). The van der Waals surface area contributed by atoms with Gasteiger partial charge in [0.2, 0.25) is 17.7 Å². The van der Waals surface area contributed by atoms with Gasteiger partial charge in [0.1, 0.15) is 18.2 Å². The maximum atomic E-state index is 14.8. The van der Waals surface area contributed by atoms with Crippen molar-refractivity contribution in [2.24, 2.45) is 11.8 Å². The molecule has 10 nitrogen and oxygen atoms in total. The maximum absolute atomic E-state index is 14.8. The largest absolute Gasteiger partial charge is 0.463 e. The molecular weight excluding hydrogens is 634 g/mol. The molecule has 8 atom stereocenters. The average Bonchev–Trinajstić information content (AvgIpc) is 3.78. The van der Waals surface area contributed by atoms with Crippen LogP contribution >= 0.6 is 0 Å². The molecule has 50 heavy (non-hydrogen) atoms. The number of rotatable bonds is 18. The van der Waals surface area contributed by atoms with Gasteiger partial charge >= 0.3 is 5.97 Å². The van der Waals surface area contributed by atoms with Crippen LogP contribution in [0.25, 0.3) is 0 Å². The van der Waals surface area contributed by atoms with E-state index in [1.54, 1.807) is 17.1 Å². The molecule has 3 heterocycles. The van der Waals surface area contributed by atoms with Crippen molar-refractivity contribution in [1.29, 1.82) is 0 Å². The lowest BCUT2D eigenvalue weighted by molar-refractivity contribution is -0.152. The topological polar surface area (TPSA) is 125 Å². The maximum Gasteiger partial charge on any atom is 0.306 e. The molecule has 3 saturated heterocycles. The molecule has 3 aliphatic rings. The van der Waals surface area contributed by atoms with E-state index in [-0.39, 0.29) is 37.5 Å². The first kappa shape index (κ1) is 37.0. The minimum atomic E-state index is -1.24. The summed E-state index contributed by atoms with van der Waals surface area (Å²) >= 11 is 0. The highest BCUT2D eigenvalue weighted by molar-refractivity contribution is 5.99. The summed E-state index contributed by atoms with van der Waals surface area (Å²) in [4.78, 5) is 59.8. The van der Waals surface area contributed by atoms with Crippen LogP contribution in [0.5, 0.6) is 0 Å². The van der Waals surface area contributed by atoms with Gasteiger partial charge in [0.15, 0.2) is 0 Å². The standard InChI is InChI=1S/C40H51N3O7/c1-5-8-20-33(45)49-26-31(29-18-13-10-14-19-29)41-37(46)34-32-21-22-40(50-32)35(34)38(47)43(30(25-44)24-28-16-11-9-12-17-28)36(40)39(48)42(23-7-3)27(4)15-6-2/h5,7,9-14,16-19,27,30-32,34-36,44H,1,3,6,8,15,20-26H2,2,4H3,(H,41,46)/t27?,30-,31-,32+,34-,35-,36+,40-/m1/s1. The normalized spacial score (nSPS) is 25.3. The van der Waals surface area contributed by atoms with Gasteiger partial charge in [-0.05, 0) is 50.2 Å². The number of amides is 3. The van der Waals surface area contributed by atoms with E-state index in [4.69, 9.17) is 9.47 Å². The Hall–Kier alpha value is -4.28. The van der Waals surface area contributed by atoms with E-state index < -0.39 is 53.5 Å². The Bertz CT molecular complexity index is 1520. The Morgan fingerprint density at radius 1 is 1.12 bits per heavy atom. The van der Waals surface area contributed by atoms with Crippen molar-refractivity contribution in [3.8, 4) is 0 Å². The summed E-state index contributed by atoms with van der Waals surface area (Å²) < 4.78 is 12.3. The Morgan fingerprint density at radius 3 is 2.46 bits per heavy atom. The van der Waals surface area contributed by atoms with Crippen molar-refractivity contribution < 1.29 is 33.8 Å². The lowest BCUT2D eigenvalue weighted by atomic mass is 9.70. The smallest absolute Gasteiger partial charge is 0.306 e. The zero-order valence-corrected chi connectivity index (χ0v) is 29.2. The highest BCUT2D eigenvalue weighted by Gasteiger charge is 2.75. The fourth-order valence-electron chi connectivity index (χ4n) is 8.20. The number of carbonyl (C=O) groups is 4. The van der Waals surface area contributed by atoms with Crippen LogP contribution in [0.2, 0.25) is 0 Å². The van der Waals surface area contributed by atoms with Gasteiger partial charge in [-0.15, -0.1) is 13.2 Å². The molecule has 0 aliphatic carbocycles. The van der Waals surface area contributed by atoms with E-state index >= 15 is 0 Å². The van der Waals surface area contributed by atoms with E-state index in [1.165, 1.54) is 4.90 Å². The van der Waals surface area contributed by atoms with Crippen molar-refractivity contribution >= 4 is 23.7 Å². The van der Waals surface area contributed by atoms with Crippen LogP contribution in [-0.2, 0) is 35.1 Å². The Balaban J connectivity index is 1.50. The molecule has 268 valence electrons. The number of likely N-dealkylation sites (tertiary alicyclic amines) is 1. The van der Waals surface area contributed by atoms with Crippen LogP contribution in [0.15, 0.2) is 86.0 Å². The quantitative estimate of drug-likeness (QED) is 0.175. The summed E-state index contributed by atoms with van der Waals surface area (Å²) in [7, 11) is 0. The van der Waals surface area contributed by atoms with Crippen LogP contribution in [0.3, 0.4) is 0 Å². The Morgan fingerprint density at radius 2 is 1.82 bits per heavy atom. The second-order valence-electron chi connectivity index (χ2n) is 13.7. The number of fused-ring (bicyclic) bond motifs is 1. The molecular formula is C40H51N3O7. The first-order chi connectivity index (χ1) is 24.2. The van der Waals surface area contributed by atoms with E-state index in [0.29, 0.717) is 32.2 Å². The molecule has 0 aromatic heterocycles. The number of hydrogen-bond acceptors (Lipinski definition) is 7. The zero-order valence-electron chi connectivity index (χ0n) is 29.2. The summed E-state index contributed by atoms with van der Waals surface area (Å²) in [6.07, 6.45) is 6.30. The summed E-state index contributed by atoms with van der Waals surface area (Å²) in [5.74, 6) is -3.24. The molecule has 3 amide bonds. The molecule has 10 heteroatoms. The third-order valence-electron chi connectivity index (χ3n) is 10.5. The molecule has 2 aromatic carbocycles. The minimum Gasteiger partial charge on any atom is -0.463 e. The van der Waals surface area contributed by atoms with E-state index in [1.807, 2.05) is 67.6 Å². The monoisotopic (exact) mass is 685 g/mol. The lowest BCUT2D eigenvalue weighted by Crippen LogP contribution is -2.60. The van der Waals surface area contributed by atoms with Gasteiger partial charge in [-0.3, -0.25) is 19.2 Å². The van der Waals surface area contributed by atoms with Gasteiger partial charge in [0.05, 0.1) is 36.6 Å². The second-order valence-corrected chi connectivity index (χ2v) is 13.7. The van der Waals surface area contributed by atoms with E-state index in [9.17, 15) is 24.3 Å². The Labute approximate surface area is 295 Å². The molecule has 2 bridgehead atoms. The van der Waals surface area contributed by atoms with Crippen LogP contribution in [0.1, 0.15) is 69.5 Å². The van der Waals surface area contributed by atoms with Crippen molar-refractivity contribution in [2.45, 2.75) is 94.7 Å². The molecule has 0 saturated carbocycles. The molecule has 2 aromatic rings. The summed E-state index contributed by atoms with van der Waals surface area (Å²) in [5, 5.41) is 13.9. The van der Waals surface area contributed by atoms with Crippen molar-refractivity contribution in [3.63, 3.8) is 0 Å². The number of ether oxygens (including phenoxy) is 2.